The molecule has 1 rings (SSSR count). The molecule has 0 aromatic heterocycles. The van der Waals surface area contributed by atoms with Crippen LogP contribution < -0.4 is 18.9 Å². The third-order valence-corrected chi connectivity index (χ3v) is 4.28. The Bertz CT molecular complexity index is 517. The molecule has 0 radical (unpaired) electrons. The van der Waals surface area contributed by atoms with Crippen LogP contribution in [0.5, 0.6) is 17.2 Å². The molecule has 0 saturated heterocycles. The topological polar surface area (TPSA) is 73.9 Å². The summed E-state index contributed by atoms with van der Waals surface area (Å²) >= 11 is 0. The van der Waals surface area contributed by atoms with Crippen molar-refractivity contribution in [1.29, 1.82) is 0 Å². The molecule has 0 heterocycles. The van der Waals surface area contributed by atoms with Crippen molar-refractivity contribution in [3.63, 3.8) is 0 Å². The third kappa shape index (κ3) is 3.77. The first kappa shape index (κ1) is 16.6. The van der Waals surface area contributed by atoms with Crippen molar-refractivity contribution < 1.29 is 22.6 Å². The Morgan fingerprint density at radius 3 is 2.00 bits per heavy atom. The van der Waals surface area contributed by atoms with Gasteiger partial charge in [0.05, 0.1) is 21.3 Å². The lowest BCUT2D eigenvalue weighted by Gasteiger charge is -2.15. The predicted octanol–water partition coefficient (Wildman–Crippen LogP) is 1.79. The molecule has 0 aliphatic carbocycles. The van der Waals surface area contributed by atoms with Crippen molar-refractivity contribution in [2.45, 2.75) is 24.7 Å². The molecule has 0 aliphatic heterocycles. The minimum atomic E-state index is -3.70. The number of sulfonamides is 1. The molecular formula is C13H21NO5S. The number of hydrogen-bond donors (Lipinski definition) is 1. The molecule has 6 nitrogen and oxygen atoms in total. The van der Waals surface area contributed by atoms with E-state index >= 15 is 0 Å². The summed E-state index contributed by atoms with van der Waals surface area (Å²) in [4.78, 5) is -0.0144. The monoisotopic (exact) mass is 303 g/mol. The molecule has 1 N–H and O–H groups in total. The highest BCUT2D eigenvalue weighted by Crippen LogP contribution is 2.37. The van der Waals surface area contributed by atoms with Crippen molar-refractivity contribution >= 4 is 10.0 Å². The van der Waals surface area contributed by atoms with E-state index in [1.165, 1.54) is 33.5 Å². The molecule has 0 amide bonds. The molecule has 0 saturated carbocycles. The van der Waals surface area contributed by atoms with Crippen molar-refractivity contribution in [2.24, 2.45) is 0 Å². The van der Waals surface area contributed by atoms with Gasteiger partial charge in [-0.1, -0.05) is 13.3 Å². The molecule has 114 valence electrons. The van der Waals surface area contributed by atoms with Crippen molar-refractivity contribution in [3.8, 4) is 17.2 Å². The van der Waals surface area contributed by atoms with E-state index in [0.717, 1.165) is 12.8 Å². The van der Waals surface area contributed by atoms with Gasteiger partial charge in [0.1, 0.15) is 17.2 Å². The summed E-state index contributed by atoms with van der Waals surface area (Å²) in [5.41, 5.74) is 0. The first-order chi connectivity index (χ1) is 9.50. The average Bonchev–Trinajstić information content (AvgIpc) is 2.45. The molecule has 1 aromatic rings. The SMILES string of the molecule is CCCCNS(=O)(=O)c1c(OC)cc(OC)cc1OC. The van der Waals surface area contributed by atoms with Crippen LogP contribution in [-0.2, 0) is 10.0 Å². The fourth-order valence-electron chi connectivity index (χ4n) is 1.69. The predicted molar refractivity (Wildman–Crippen MR) is 76.2 cm³/mol. The highest BCUT2D eigenvalue weighted by molar-refractivity contribution is 7.89. The number of rotatable bonds is 8. The normalized spacial score (nSPS) is 11.2. The van der Waals surface area contributed by atoms with Gasteiger partial charge >= 0.3 is 0 Å². The Morgan fingerprint density at radius 1 is 1.05 bits per heavy atom. The zero-order valence-electron chi connectivity index (χ0n) is 12.2. The Morgan fingerprint density at radius 2 is 1.60 bits per heavy atom. The van der Waals surface area contributed by atoms with Crippen molar-refractivity contribution in [3.05, 3.63) is 12.1 Å². The molecule has 0 spiro atoms. The summed E-state index contributed by atoms with van der Waals surface area (Å²) in [6.07, 6.45) is 1.67. The Labute approximate surface area is 120 Å². The highest BCUT2D eigenvalue weighted by Gasteiger charge is 2.25. The molecule has 0 aliphatic rings. The van der Waals surface area contributed by atoms with Crippen LogP contribution >= 0.6 is 0 Å². The van der Waals surface area contributed by atoms with E-state index in [0.29, 0.717) is 12.3 Å². The van der Waals surface area contributed by atoms with Gasteiger partial charge in [0.15, 0.2) is 4.90 Å². The minimum Gasteiger partial charge on any atom is -0.496 e. The molecule has 1 aromatic carbocycles. The largest absolute Gasteiger partial charge is 0.496 e. The number of benzene rings is 1. The van der Waals surface area contributed by atoms with Crippen LogP contribution in [0, 0.1) is 0 Å². The van der Waals surface area contributed by atoms with Gasteiger partial charge in [-0.05, 0) is 6.42 Å². The van der Waals surface area contributed by atoms with Crippen LogP contribution in [-0.4, -0.2) is 36.3 Å². The number of nitrogens with one attached hydrogen (secondary N) is 1. The smallest absolute Gasteiger partial charge is 0.247 e. The van der Waals surface area contributed by atoms with Crippen molar-refractivity contribution in [1.82, 2.24) is 4.72 Å². The second kappa shape index (κ2) is 7.35. The van der Waals surface area contributed by atoms with Gasteiger partial charge in [0.25, 0.3) is 0 Å². The Kier molecular flexibility index (Phi) is 6.09. The first-order valence-corrected chi connectivity index (χ1v) is 7.78. The van der Waals surface area contributed by atoms with Gasteiger partial charge in [-0.15, -0.1) is 0 Å². The second-order valence-corrected chi connectivity index (χ2v) is 5.82. The summed E-state index contributed by atoms with van der Waals surface area (Å²) in [6, 6.07) is 3.02. The van der Waals surface area contributed by atoms with Gasteiger partial charge in [0.2, 0.25) is 10.0 Å². The van der Waals surface area contributed by atoms with E-state index in [4.69, 9.17) is 14.2 Å². The fourth-order valence-corrected chi connectivity index (χ4v) is 3.07. The molecule has 0 fully saturated rings. The van der Waals surface area contributed by atoms with Crippen LogP contribution in [0.2, 0.25) is 0 Å². The maximum atomic E-state index is 12.4. The van der Waals surface area contributed by atoms with Crippen LogP contribution in [0.3, 0.4) is 0 Å². The Hall–Kier alpha value is -1.47. The van der Waals surface area contributed by atoms with Gasteiger partial charge in [0, 0.05) is 18.7 Å². The summed E-state index contributed by atoms with van der Waals surface area (Å²) in [5.74, 6) is 0.835. The number of unbranched alkanes of at least 4 members (excludes halogenated alkanes) is 1. The van der Waals surface area contributed by atoms with Crippen LogP contribution in [0.15, 0.2) is 17.0 Å². The van der Waals surface area contributed by atoms with Gasteiger partial charge < -0.3 is 14.2 Å². The van der Waals surface area contributed by atoms with Gasteiger partial charge in [-0.3, -0.25) is 0 Å². The van der Waals surface area contributed by atoms with E-state index < -0.39 is 10.0 Å². The quantitative estimate of drug-likeness (QED) is 0.741. The number of hydrogen-bond acceptors (Lipinski definition) is 5. The summed E-state index contributed by atoms with van der Waals surface area (Å²) in [6.45, 7) is 2.36. The number of ether oxygens (including phenoxy) is 3. The molecule has 0 atom stereocenters. The van der Waals surface area contributed by atoms with Crippen LogP contribution in [0.4, 0.5) is 0 Å². The Balaban J connectivity index is 3.27. The second-order valence-electron chi connectivity index (χ2n) is 4.11. The lowest BCUT2D eigenvalue weighted by Crippen LogP contribution is -2.25. The fraction of sp³-hybridized carbons (Fsp3) is 0.538. The van der Waals surface area contributed by atoms with E-state index in [9.17, 15) is 8.42 Å². The van der Waals surface area contributed by atoms with E-state index in [1.54, 1.807) is 0 Å². The van der Waals surface area contributed by atoms with Crippen LogP contribution in [0.1, 0.15) is 19.8 Å². The standard InChI is InChI=1S/C13H21NO5S/c1-5-6-7-14-20(15,16)13-11(18-3)8-10(17-2)9-12(13)19-4/h8-9,14H,5-7H2,1-4H3. The molecular weight excluding hydrogens is 282 g/mol. The summed E-state index contributed by atoms with van der Waals surface area (Å²) in [7, 11) is 0.594. The zero-order chi connectivity index (χ0) is 15.2. The highest BCUT2D eigenvalue weighted by atomic mass is 32.2. The summed E-state index contributed by atoms with van der Waals surface area (Å²) < 4.78 is 42.6. The van der Waals surface area contributed by atoms with Gasteiger partial charge in [-0.25, -0.2) is 13.1 Å². The average molecular weight is 303 g/mol. The van der Waals surface area contributed by atoms with E-state index in [1.807, 2.05) is 6.92 Å². The lowest BCUT2D eigenvalue weighted by atomic mass is 10.3. The molecule has 0 unspecified atom stereocenters. The maximum absolute atomic E-state index is 12.4. The van der Waals surface area contributed by atoms with Crippen LogP contribution in [0.25, 0.3) is 0 Å². The van der Waals surface area contributed by atoms with Gasteiger partial charge in [-0.2, -0.15) is 0 Å². The molecule has 0 bridgehead atoms. The maximum Gasteiger partial charge on any atom is 0.247 e. The first-order valence-electron chi connectivity index (χ1n) is 6.29. The summed E-state index contributed by atoms with van der Waals surface area (Å²) in [5, 5.41) is 0. The third-order valence-electron chi connectivity index (χ3n) is 2.76. The number of methoxy groups -OCH3 is 3. The zero-order valence-corrected chi connectivity index (χ0v) is 13.0. The molecule has 20 heavy (non-hydrogen) atoms. The van der Waals surface area contributed by atoms with E-state index in [2.05, 4.69) is 4.72 Å². The van der Waals surface area contributed by atoms with E-state index in [-0.39, 0.29) is 16.4 Å². The molecule has 7 heteroatoms. The minimum absolute atomic E-state index is 0.0144. The lowest BCUT2D eigenvalue weighted by molar-refractivity contribution is 0.358. The van der Waals surface area contributed by atoms with Crippen molar-refractivity contribution in [2.75, 3.05) is 27.9 Å².